The average Bonchev–Trinajstić information content (AvgIpc) is 2.07. The molecule has 0 N–H and O–H groups in total. The lowest BCUT2D eigenvalue weighted by Crippen LogP contribution is -1.96. The number of rotatable bonds is 1. The molecule has 0 bridgehead atoms. The molecule has 5 heteroatoms. The number of aromatic nitrogens is 2. The van der Waals surface area contributed by atoms with Gasteiger partial charge in [0.1, 0.15) is 5.15 Å². The van der Waals surface area contributed by atoms with Crippen molar-refractivity contribution in [1.82, 2.24) is 9.97 Å². The van der Waals surface area contributed by atoms with Crippen molar-refractivity contribution in [3.63, 3.8) is 0 Å². The van der Waals surface area contributed by atoms with E-state index in [0.717, 1.165) is 0 Å². The van der Waals surface area contributed by atoms with Gasteiger partial charge < -0.3 is 0 Å². The summed E-state index contributed by atoms with van der Waals surface area (Å²) < 4.78 is 0. The first kappa shape index (κ1) is 8.45. The van der Waals surface area contributed by atoms with Gasteiger partial charge in [-0.25, -0.2) is 4.98 Å². The lowest BCUT2D eigenvalue weighted by molar-refractivity contribution is 0.982. The van der Waals surface area contributed by atoms with Crippen LogP contribution in [0.3, 0.4) is 0 Å². The predicted octanol–water partition coefficient (Wildman–Crippen LogP) is 1.26. The smallest absolute Gasteiger partial charge is 0.176 e. The molecule has 0 radical (unpaired) electrons. The van der Waals surface area contributed by atoms with Crippen LogP contribution >= 0.6 is 11.6 Å². The van der Waals surface area contributed by atoms with Gasteiger partial charge in [-0.2, -0.15) is 10.5 Å². The summed E-state index contributed by atoms with van der Waals surface area (Å²) in [4.78, 5) is 7.48. The van der Waals surface area contributed by atoms with Gasteiger partial charge in [-0.15, -0.1) is 0 Å². The molecule has 0 saturated carbocycles. The number of hydrogen-bond acceptors (Lipinski definition) is 4. The van der Waals surface area contributed by atoms with Crippen molar-refractivity contribution in [1.29, 1.82) is 10.5 Å². The molecule has 0 saturated heterocycles. The molecule has 0 atom stereocenters. The molecule has 0 aromatic carbocycles. The van der Waals surface area contributed by atoms with Crippen molar-refractivity contribution < 1.29 is 0 Å². The van der Waals surface area contributed by atoms with E-state index >= 15 is 0 Å². The largest absolute Gasteiger partial charge is 0.260 e. The Morgan fingerprint density at radius 1 is 1.33 bits per heavy atom. The van der Waals surface area contributed by atoms with Crippen molar-refractivity contribution in [2.45, 2.75) is 5.92 Å². The van der Waals surface area contributed by atoms with Gasteiger partial charge in [0.15, 0.2) is 5.92 Å². The summed E-state index contributed by atoms with van der Waals surface area (Å²) in [7, 11) is 0. The van der Waals surface area contributed by atoms with Gasteiger partial charge >= 0.3 is 0 Å². The monoisotopic (exact) mass is 178 g/mol. The summed E-state index contributed by atoms with van der Waals surface area (Å²) >= 11 is 5.51. The third kappa shape index (κ3) is 1.69. The van der Waals surface area contributed by atoms with Crippen LogP contribution in [-0.4, -0.2) is 9.97 Å². The van der Waals surface area contributed by atoms with Crippen LogP contribution in [-0.2, 0) is 0 Å². The van der Waals surface area contributed by atoms with Crippen LogP contribution in [0.4, 0.5) is 0 Å². The average molecular weight is 179 g/mol. The van der Waals surface area contributed by atoms with Crippen LogP contribution in [0.1, 0.15) is 11.6 Å². The molecule has 0 aliphatic carbocycles. The summed E-state index contributed by atoms with van der Waals surface area (Å²) in [6, 6.07) is 3.55. The molecule has 0 aliphatic rings. The van der Waals surface area contributed by atoms with Crippen LogP contribution in [0, 0.1) is 22.7 Å². The van der Waals surface area contributed by atoms with E-state index in [2.05, 4.69) is 9.97 Å². The maximum atomic E-state index is 8.49. The highest BCUT2D eigenvalue weighted by atomic mass is 35.5. The second-order valence-corrected chi connectivity index (χ2v) is 2.35. The lowest BCUT2D eigenvalue weighted by atomic mass is 10.1. The quantitative estimate of drug-likeness (QED) is 0.649. The molecule has 1 aromatic rings. The van der Waals surface area contributed by atoms with Crippen LogP contribution in [0.25, 0.3) is 0 Å². The highest BCUT2D eigenvalue weighted by Gasteiger charge is 2.10. The molecular weight excluding hydrogens is 176 g/mol. The van der Waals surface area contributed by atoms with E-state index in [1.807, 2.05) is 0 Å². The molecule has 12 heavy (non-hydrogen) atoms. The van der Waals surface area contributed by atoms with E-state index in [0.29, 0.717) is 0 Å². The molecule has 0 amide bonds. The van der Waals surface area contributed by atoms with Crippen molar-refractivity contribution in [2.75, 3.05) is 0 Å². The van der Waals surface area contributed by atoms with Crippen molar-refractivity contribution in [3.05, 3.63) is 23.2 Å². The van der Waals surface area contributed by atoms with Crippen LogP contribution in [0.2, 0.25) is 5.15 Å². The first-order valence-corrected chi connectivity index (χ1v) is 3.42. The van der Waals surface area contributed by atoms with E-state index in [-0.39, 0.29) is 10.8 Å². The van der Waals surface area contributed by atoms with Gasteiger partial charge in [0.25, 0.3) is 0 Å². The maximum Gasteiger partial charge on any atom is 0.176 e. The summed E-state index contributed by atoms with van der Waals surface area (Å²) in [5.74, 6) is -0.892. The summed E-state index contributed by atoms with van der Waals surface area (Å²) in [6.45, 7) is 0. The standard InChI is InChI=1S/C7H3ClN4/c8-7-4-11-3-6(12-7)5(1-9)2-10/h3-5H. The lowest BCUT2D eigenvalue weighted by Gasteiger charge is -1.97. The number of nitriles is 2. The molecular formula is C7H3ClN4. The van der Waals surface area contributed by atoms with Gasteiger partial charge in [-0.05, 0) is 0 Å². The fourth-order valence-electron chi connectivity index (χ4n) is 0.656. The van der Waals surface area contributed by atoms with E-state index in [1.165, 1.54) is 12.4 Å². The summed E-state index contributed by atoms with van der Waals surface area (Å²) in [6.07, 6.45) is 2.69. The van der Waals surface area contributed by atoms with Gasteiger partial charge in [0, 0.05) is 0 Å². The highest BCUT2D eigenvalue weighted by molar-refractivity contribution is 6.29. The van der Waals surface area contributed by atoms with Crippen LogP contribution in [0.5, 0.6) is 0 Å². The number of nitrogens with zero attached hydrogens (tertiary/aromatic N) is 4. The second-order valence-electron chi connectivity index (χ2n) is 1.96. The van der Waals surface area contributed by atoms with Gasteiger partial charge in [0.05, 0.1) is 30.2 Å². The van der Waals surface area contributed by atoms with E-state index in [4.69, 9.17) is 22.1 Å². The minimum absolute atomic E-state index is 0.183. The Labute approximate surface area is 74.1 Å². The number of hydrogen-bond donors (Lipinski definition) is 0. The Morgan fingerprint density at radius 2 is 2.00 bits per heavy atom. The fraction of sp³-hybridized carbons (Fsp3) is 0.143. The van der Waals surface area contributed by atoms with Crippen molar-refractivity contribution in [3.8, 4) is 12.1 Å². The Bertz CT molecular complexity index is 348. The normalized spacial score (nSPS) is 9.00. The third-order valence-electron chi connectivity index (χ3n) is 1.18. The SMILES string of the molecule is N#CC(C#N)c1cncc(Cl)n1. The molecule has 1 rings (SSSR count). The van der Waals surface area contributed by atoms with Crippen molar-refractivity contribution >= 4 is 11.6 Å². The molecule has 58 valence electrons. The van der Waals surface area contributed by atoms with E-state index in [9.17, 15) is 0 Å². The molecule has 0 unspecified atom stereocenters. The van der Waals surface area contributed by atoms with E-state index in [1.54, 1.807) is 12.1 Å². The minimum atomic E-state index is -0.892. The second kappa shape index (κ2) is 3.66. The topological polar surface area (TPSA) is 73.4 Å². The Kier molecular flexibility index (Phi) is 2.57. The van der Waals surface area contributed by atoms with Crippen LogP contribution < -0.4 is 0 Å². The predicted molar refractivity (Wildman–Crippen MR) is 41.0 cm³/mol. The zero-order valence-corrected chi connectivity index (χ0v) is 6.65. The molecule has 0 aliphatic heterocycles. The summed E-state index contributed by atoms with van der Waals surface area (Å²) in [5.41, 5.74) is 0.285. The van der Waals surface area contributed by atoms with Gasteiger partial charge in [0.2, 0.25) is 0 Å². The van der Waals surface area contributed by atoms with Crippen molar-refractivity contribution in [2.24, 2.45) is 0 Å². The molecule has 1 aromatic heterocycles. The van der Waals surface area contributed by atoms with Gasteiger partial charge in [-0.3, -0.25) is 4.98 Å². The zero-order chi connectivity index (χ0) is 8.97. The maximum absolute atomic E-state index is 8.49. The summed E-state index contributed by atoms with van der Waals surface area (Å²) in [5, 5.41) is 17.2. The number of halogens is 1. The first-order valence-electron chi connectivity index (χ1n) is 3.04. The minimum Gasteiger partial charge on any atom is -0.260 e. The fourth-order valence-corrected chi connectivity index (χ4v) is 0.810. The zero-order valence-electron chi connectivity index (χ0n) is 5.90. The molecule has 4 nitrogen and oxygen atoms in total. The van der Waals surface area contributed by atoms with Crippen LogP contribution in [0.15, 0.2) is 12.4 Å². The Balaban J connectivity index is 3.06. The molecule has 0 fully saturated rings. The highest BCUT2D eigenvalue weighted by Crippen LogP contribution is 2.11. The Morgan fingerprint density at radius 3 is 2.50 bits per heavy atom. The Hall–Kier alpha value is -1.65. The third-order valence-corrected chi connectivity index (χ3v) is 1.36. The molecule has 1 heterocycles. The molecule has 0 spiro atoms. The van der Waals surface area contributed by atoms with E-state index < -0.39 is 5.92 Å². The first-order chi connectivity index (χ1) is 5.77. The van der Waals surface area contributed by atoms with Gasteiger partial charge in [-0.1, -0.05) is 11.6 Å².